The molecule has 0 amide bonds. The number of aliphatic carboxylic acids is 1. The maximum Gasteiger partial charge on any atom is 0.321 e. The van der Waals surface area contributed by atoms with E-state index in [1.807, 2.05) is 0 Å². The molecule has 1 aromatic heterocycles. The quantitative estimate of drug-likeness (QED) is 0.678. The third-order valence-electron chi connectivity index (χ3n) is 3.81. The molecule has 0 unspecified atom stereocenters. The minimum Gasteiger partial charge on any atom is -0.481 e. The van der Waals surface area contributed by atoms with Crippen molar-refractivity contribution in [1.29, 1.82) is 0 Å². The lowest BCUT2D eigenvalue weighted by atomic mass is 9.74. The van der Waals surface area contributed by atoms with Crippen molar-refractivity contribution in [3.8, 4) is 0 Å². The molecule has 1 saturated carbocycles. The van der Waals surface area contributed by atoms with Crippen LogP contribution in [0.15, 0.2) is 10.8 Å². The summed E-state index contributed by atoms with van der Waals surface area (Å²) in [6.07, 6.45) is 3.83. The van der Waals surface area contributed by atoms with Gasteiger partial charge in [0.1, 0.15) is 6.20 Å². The van der Waals surface area contributed by atoms with Crippen molar-refractivity contribution in [3.05, 3.63) is 20.9 Å². The van der Waals surface area contributed by atoms with Gasteiger partial charge in [0, 0.05) is 0 Å². The van der Waals surface area contributed by atoms with Crippen LogP contribution in [0.2, 0.25) is 0 Å². The van der Waals surface area contributed by atoms with Crippen LogP contribution in [0.1, 0.15) is 38.6 Å². The Hall–Kier alpha value is -1.44. The number of carbonyl (C=O) groups is 1. The molecule has 8 heteroatoms. The van der Waals surface area contributed by atoms with E-state index in [-0.39, 0.29) is 16.3 Å². The second-order valence-corrected chi connectivity index (χ2v) is 5.89. The van der Waals surface area contributed by atoms with Crippen LogP contribution < -0.4 is 0 Å². The Morgan fingerprint density at radius 3 is 2.63 bits per heavy atom. The van der Waals surface area contributed by atoms with Crippen LogP contribution in [0.25, 0.3) is 0 Å². The van der Waals surface area contributed by atoms with Gasteiger partial charge in [0.05, 0.1) is 16.4 Å². The highest BCUT2D eigenvalue weighted by atomic mass is 79.9. The van der Waals surface area contributed by atoms with Gasteiger partial charge >= 0.3 is 11.7 Å². The van der Waals surface area contributed by atoms with E-state index in [2.05, 4.69) is 21.0 Å². The van der Waals surface area contributed by atoms with Crippen LogP contribution >= 0.6 is 15.9 Å². The van der Waals surface area contributed by atoms with E-state index in [0.717, 1.165) is 0 Å². The number of carboxylic acid groups (broad SMARTS) is 1. The number of hydrogen-bond acceptors (Lipinski definition) is 4. The van der Waals surface area contributed by atoms with Gasteiger partial charge in [-0.15, -0.1) is 0 Å². The first kappa shape index (κ1) is 14.0. The summed E-state index contributed by atoms with van der Waals surface area (Å²) in [4.78, 5) is 21.4. The molecule has 1 aromatic rings. The molecule has 1 fully saturated rings. The molecule has 0 saturated heterocycles. The van der Waals surface area contributed by atoms with E-state index in [4.69, 9.17) is 5.11 Å². The number of carboxylic acids is 1. The van der Waals surface area contributed by atoms with E-state index in [0.29, 0.717) is 25.7 Å². The second kappa shape index (κ2) is 4.92. The van der Waals surface area contributed by atoms with Crippen molar-refractivity contribution >= 4 is 27.6 Å². The molecule has 0 spiro atoms. The molecule has 0 bridgehead atoms. The summed E-state index contributed by atoms with van der Waals surface area (Å²) in [5.41, 5.74) is -0.751. The minimum atomic E-state index is -0.779. The number of hydrogen-bond donors (Lipinski definition) is 1. The van der Waals surface area contributed by atoms with Gasteiger partial charge in [0.15, 0.2) is 0 Å². The van der Waals surface area contributed by atoms with Gasteiger partial charge in [-0.1, -0.05) is 0 Å². The van der Waals surface area contributed by atoms with Gasteiger partial charge in [0.2, 0.25) is 4.60 Å². The highest BCUT2D eigenvalue weighted by molar-refractivity contribution is 9.10. The minimum absolute atomic E-state index is 0.0254. The van der Waals surface area contributed by atoms with Gasteiger partial charge in [-0.3, -0.25) is 19.6 Å². The third-order valence-corrected chi connectivity index (χ3v) is 4.38. The van der Waals surface area contributed by atoms with Crippen LogP contribution in [-0.2, 0) is 4.79 Å². The highest BCUT2D eigenvalue weighted by Crippen LogP contribution is 2.41. The monoisotopic (exact) mass is 331 g/mol. The van der Waals surface area contributed by atoms with E-state index in [1.165, 1.54) is 6.20 Å². The second-order valence-electron chi connectivity index (χ2n) is 5.14. The summed E-state index contributed by atoms with van der Waals surface area (Å²) in [7, 11) is 0. The van der Waals surface area contributed by atoms with Gasteiger partial charge in [-0.25, -0.2) is 0 Å². The summed E-state index contributed by atoms with van der Waals surface area (Å²) >= 11 is 3.06. The van der Waals surface area contributed by atoms with Crippen LogP contribution in [-0.4, -0.2) is 25.8 Å². The highest BCUT2D eigenvalue weighted by Gasteiger charge is 2.38. The Balaban J connectivity index is 2.12. The lowest BCUT2D eigenvalue weighted by Crippen LogP contribution is -2.33. The Bertz CT molecular complexity index is 520. The summed E-state index contributed by atoms with van der Waals surface area (Å²) in [6.45, 7) is 1.74. The Labute approximate surface area is 117 Å². The van der Waals surface area contributed by atoms with Crippen molar-refractivity contribution in [2.24, 2.45) is 5.41 Å². The zero-order valence-electron chi connectivity index (χ0n) is 10.4. The van der Waals surface area contributed by atoms with E-state index >= 15 is 0 Å². The summed E-state index contributed by atoms with van der Waals surface area (Å²) < 4.78 is 1.79. The summed E-state index contributed by atoms with van der Waals surface area (Å²) in [6, 6.07) is 0.0254. The molecular weight excluding hydrogens is 318 g/mol. The normalized spacial score (nSPS) is 27.2. The molecular formula is C11H14BrN3O4. The fraction of sp³-hybridized carbons (Fsp3) is 0.636. The standard InChI is InChI=1S/C11H14BrN3O4/c1-11(10(16)17)4-2-7(3-5-11)14-6-8(15(18)19)9(12)13-14/h6-7H,2-5H2,1H3,(H,16,17). The van der Waals surface area contributed by atoms with Crippen LogP contribution in [0.3, 0.4) is 0 Å². The number of rotatable bonds is 3. The summed E-state index contributed by atoms with van der Waals surface area (Å²) in [5.74, 6) is -0.779. The van der Waals surface area contributed by atoms with Crippen molar-refractivity contribution < 1.29 is 14.8 Å². The fourth-order valence-electron chi connectivity index (χ4n) is 2.39. The predicted octanol–water partition coefficient (Wildman–Crippen LogP) is 2.76. The fourth-order valence-corrected chi connectivity index (χ4v) is 2.82. The molecule has 1 heterocycles. The molecule has 0 aromatic carbocycles. The molecule has 0 radical (unpaired) electrons. The van der Waals surface area contributed by atoms with E-state index in [9.17, 15) is 14.9 Å². The Morgan fingerprint density at radius 1 is 1.63 bits per heavy atom. The topological polar surface area (TPSA) is 98.3 Å². The molecule has 104 valence electrons. The Morgan fingerprint density at radius 2 is 2.21 bits per heavy atom. The van der Waals surface area contributed by atoms with Gasteiger partial charge in [-0.05, 0) is 48.5 Å². The number of halogens is 1. The molecule has 7 nitrogen and oxygen atoms in total. The first-order valence-electron chi connectivity index (χ1n) is 5.96. The van der Waals surface area contributed by atoms with Crippen LogP contribution in [0.4, 0.5) is 5.69 Å². The maximum absolute atomic E-state index is 11.1. The molecule has 2 rings (SSSR count). The van der Waals surface area contributed by atoms with Crippen molar-refractivity contribution in [1.82, 2.24) is 9.78 Å². The molecule has 1 aliphatic rings. The van der Waals surface area contributed by atoms with Crippen molar-refractivity contribution in [3.63, 3.8) is 0 Å². The lowest BCUT2D eigenvalue weighted by molar-refractivity contribution is -0.385. The Kier molecular flexibility index (Phi) is 3.62. The molecule has 19 heavy (non-hydrogen) atoms. The largest absolute Gasteiger partial charge is 0.481 e. The first-order valence-corrected chi connectivity index (χ1v) is 6.75. The third kappa shape index (κ3) is 2.63. The van der Waals surface area contributed by atoms with Gasteiger partial charge < -0.3 is 5.11 Å². The van der Waals surface area contributed by atoms with Crippen LogP contribution in [0.5, 0.6) is 0 Å². The SMILES string of the molecule is CC1(C(=O)O)CCC(n2cc([N+](=O)[O-])c(Br)n2)CC1. The first-order chi connectivity index (χ1) is 8.83. The number of nitrogens with zero attached hydrogens (tertiary/aromatic N) is 3. The smallest absolute Gasteiger partial charge is 0.321 e. The van der Waals surface area contributed by atoms with E-state index < -0.39 is 16.3 Å². The maximum atomic E-state index is 11.1. The predicted molar refractivity (Wildman–Crippen MR) is 69.8 cm³/mol. The number of aromatic nitrogens is 2. The molecule has 1 aliphatic carbocycles. The summed E-state index contributed by atoms with van der Waals surface area (Å²) in [5, 5.41) is 24.0. The van der Waals surface area contributed by atoms with Crippen LogP contribution in [0, 0.1) is 15.5 Å². The molecule has 0 aliphatic heterocycles. The molecule has 1 N–H and O–H groups in total. The van der Waals surface area contributed by atoms with Gasteiger partial charge in [-0.2, -0.15) is 5.10 Å². The van der Waals surface area contributed by atoms with Crippen molar-refractivity contribution in [2.75, 3.05) is 0 Å². The van der Waals surface area contributed by atoms with Gasteiger partial charge in [0.25, 0.3) is 0 Å². The average molecular weight is 332 g/mol. The number of nitro groups is 1. The zero-order valence-corrected chi connectivity index (χ0v) is 12.0. The van der Waals surface area contributed by atoms with E-state index in [1.54, 1.807) is 11.6 Å². The average Bonchev–Trinajstić information content (AvgIpc) is 2.72. The lowest BCUT2D eigenvalue weighted by Gasteiger charge is -2.33. The molecule has 0 atom stereocenters. The zero-order chi connectivity index (χ0) is 14.2. The van der Waals surface area contributed by atoms with Crippen molar-refractivity contribution in [2.45, 2.75) is 38.6 Å².